The van der Waals surface area contributed by atoms with Crippen LogP contribution in [-0.2, 0) is 14.8 Å². The van der Waals surface area contributed by atoms with E-state index in [4.69, 9.17) is 16.3 Å². The van der Waals surface area contributed by atoms with E-state index in [0.29, 0.717) is 13.1 Å². The van der Waals surface area contributed by atoms with Crippen molar-refractivity contribution in [2.24, 2.45) is 0 Å². The average Bonchev–Trinajstić information content (AvgIpc) is 3.30. The van der Waals surface area contributed by atoms with Crippen LogP contribution in [0.25, 0.3) is 0 Å². The highest BCUT2D eigenvalue weighted by molar-refractivity contribution is 7.89. The van der Waals surface area contributed by atoms with Gasteiger partial charge in [-0.3, -0.25) is 4.79 Å². The number of hydrogen-bond acceptors (Lipinski definition) is 6. The topological polar surface area (TPSA) is 102 Å². The average molecular weight is 453 g/mol. The first-order valence-electron chi connectivity index (χ1n) is 9.15. The van der Waals surface area contributed by atoms with Crippen molar-refractivity contribution >= 4 is 39.2 Å². The zero-order chi connectivity index (χ0) is 21.9. The number of hydrogen-bond donors (Lipinski definition) is 1. The van der Waals surface area contributed by atoms with Gasteiger partial charge in [0.15, 0.2) is 0 Å². The number of ether oxygens (including phenoxy) is 2. The summed E-state index contributed by atoms with van der Waals surface area (Å²) in [7, 11) is -1.18. The molecule has 0 atom stereocenters. The number of esters is 1. The third kappa shape index (κ3) is 4.43. The van der Waals surface area contributed by atoms with Crippen LogP contribution in [0.15, 0.2) is 41.3 Å². The Kier molecular flexibility index (Phi) is 6.64. The maximum Gasteiger partial charge on any atom is 0.337 e. The molecule has 2 aromatic carbocycles. The van der Waals surface area contributed by atoms with Crippen LogP contribution in [-0.4, -0.2) is 51.9 Å². The van der Waals surface area contributed by atoms with Gasteiger partial charge >= 0.3 is 5.97 Å². The summed E-state index contributed by atoms with van der Waals surface area (Å²) in [5, 5.41) is 2.82. The van der Waals surface area contributed by atoms with E-state index in [-0.39, 0.29) is 32.5 Å². The minimum atomic E-state index is -3.80. The zero-order valence-electron chi connectivity index (χ0n) is 16.5. The summed E-state index contributed by atoms with van der Waals surface area (Å²) in [6.07, 6.45) is 1.58. The molecule has 1 aliphatic rings. The van der Waals surface area contributed by atoms with Gasteiger partial charge in [0, 0.05) is 18.7 Å². The van der Waals surface area contributed by atoms with Gasteiger partial charge in [0.05, 0.1) is 30.5 Å². The number of benzene rings is 2. The number of sulfonamides is 1. The minimum Gasteiger partial charge on any atom is -0.495 e. The molecule has 0 radical (unpaired) electrons. The van der Waals surface area contributed by atoms with E-state index in [9.17, 15) is 18.0 Å². The number of nitrogens with zero attached hydrogens (tertiary/aromatic N) is 1. The van der Waals surface area contributed by atoms with Crippen LogP contribution in [0.4, 0.5) is 5.69 Å². The lowest BCUT2D eigenvalue weighted by atomic mass is 10.1. The SMILES string of the molecule is COC(=O)c1ccc(Cl)c(NC(=O)c2ccc(OC)c(S(=O)(=O)N3CCCC3)c2)c1. The number of nitrogens with one attached hydrogen (secondary N) is 1. The van der Waals surface area contributed by atoms with Crippen molar-refractivity contribution in [3.05, 3.63) is 52.5 Å². The molecule has 2 aromatic rings. The maximum atomic E-state index is 13.0. The Morgan fingerprint density at radius 1 is 1.03 bits per heavy atom. The van der Waals surface area contributed by atoms with Gasteiger partial charge in [-0.05, 0) is 49.2 Å². The molecule has 30 heavy (non-hydrogen) atoms. The summed E-state index contributed by atoms with van der Waals surface area (Å²) in [4.78, 5) is 24.4. The number of halogens is 1. The first kappa shape index (κ1) is 22.1. The van der Waals surface area contributed by atoms with Crippen molar-refractivity contribution in [2.75, 3.05) is 32.6 Å². The number of carbonyl (C=O) groups is 2. The van der Waals surface area contributed by atoms with Gasteiger partial charge in [-0.15, -0.1) is 0 Å². The van der Waals surface area contributed by atoms with Crippen LogP contribution in [0.1, 0.15) is 33.6 Å². The van der Waals surface area contributed by atoms with Crippen LogP contribution in [0.2, 0.25) is 5.02 Å². The molecule has 160 valence electrons. The van der Waals surface area contributed by atoms with Crippen LogP contribution in [0.3, 0.4) is 0 Å². The molecule has 1 saturated heterocycles. The number of amides is 1. The van der Waals surface area contributed by atoms with Crippen LogP contribution in [0, 0.1) is 0 Å². The van der Waals surface area contributed by atoms with Gasteiger partial charge in [0.2, 0.25) is 10.0 Å². The Hall–Kier alpha value is -2.62. The zero-order valence-corrected chi connectivity index (χ0v) is 18.0. The summed E-state index contributed by atoms with van der Waals surface area (Å²) < 4.78 is 37.2. The molecule has 0 spiro atoms. The van der Waals surface area contributed by atoms with Crippen molar-refractivity contribution in [1.29, 1.82) is 0 Å². The predicted molar refractivity (Wildman–Crippen MR) is 112 cm³/mol. The van der Waals surface area contributed by atoms with E-state index in [1.165, 1.54) is 54.9 Å². The van der Waals surface area contributed by atoms with Gasteiger partial charge in [-0.1, -0.05) is 11.6 Å². The van der Waals surface area contributed by atoms with E-state index in [1.807, 2.05) is 0 Å². The predicted octanol–water partition coefficient (Wildman–Crippen LogP) is 3.17. The van der Waals surface area contributed by atoms with Crippen molar-refractivity contribution in [1.82, 2.24) is 4.31 Å². The van der Waals surface area contributed by atoms with E-state index < -0.39 is 21.9 Å². The Morgan fingerprint density at radius 3 is 2.33 bits per heavy atom. The quantitative estimate of drug-likeness (QED) is 0.675. The Balaban J connectivity index is 1.93. The lowest BCUT2D eigenvalue weighted by molar-refractivity contribution is 0.0600. The monoisotopic (exact) mass is 452 g/mol. The third-order valence-corrected chi connectivity index (χ3v) is 6.99. The second-order valence-corrected chi connectivity index (χ2v) is 8.93. The minimum absolute atomic E-state index is 0.0750. The lowest BCUT2D eigenvalue weighted by Gasteiger charge is -2.18. The summed E-state index contributed by atoms with van der Waals surface area (Å²) in [5.41, 5.74) is 0.515. The van der Waals surface area contributed by atoms with Gasteiger partial charge in [0.25, 0.3) is 5.91 Å². The first-order chi connectivity index (χ1) is 14.3. The molecular weight excluding hydrogens is 432 g/mol. The Labute approximate surface area is 179 Å². The fraction of sp³-hybridized carbons (Fsp3) is 0.300. The van der Waals surface area contributed by atoms with E-state index in [1.54, 1.807) is 0 Å². The smallest absolute Gasteiger partial charge is 0.337 e. The van der Waals surface area contributed by atoms with Crippen molar-refractivity contribution in [3.8, 4) is 5.75 Å². The van der Waals surface area contributed by atoms with Gasteiger partial charge in [0.1, 0.15) is 10.6 Å². The highest BCUT2D eigenvalue weighted by Gasteiger charge is 2.30. The van der Waals surface area contributed by atoms with Crippen molar-refractivity contribution in [2.45, 2.75) is 17.7 Å². The van der Waals surface area contributed by atoms with Crippen LogP contribution < -0.4 is 10.1 Å². The molecule has 8 nitrogen and oxygen atoms in total. The molecule has 0 aromatic heterocycles. The van der Waals surface area contributed by atoms with Gasteiger partial charge in [-0.25, -0.2) is 13.2 Å². The molecule has 1 fully saturated rings. The van der Waals surface area contributed by atoms with E-state index in [2.05, 4.69) is 10.1 Å². The summed E-state index contributed by atoms with van der Waals surface area (Å²) in [5.74, 6) is -1.01. The molecule has 0 aliphatic carbocycles. The fourth-order valence-electron chi connectivity index (χ4n) is 3.15. The first-order valence-corrected chi connectivity index (χ1v) is 11.0. The molecular formula is C20H21ClN2O6S. The molecule has 1 heterocycles. The third-order valence-electron chi connectivity index (χ3n) is 4.74. The molecule has 3 rings (SSSR count). The second kappa shape index (κ2) is 9.03. The summed E-state index contributed by atoms with van der Waals surface area (Å²) in [6.45, 7) is 0.857. The van der Waals surface area contributed by atoms with Crippen molar-refractivity contribution in [3.63, 3.8) is 0 Å². The summed E-state index contributed by atoms with van der Waals surface area (Å²) >= 11 is 6.12. The molecule has 1 N–H and O–H groups in total. The normalized spacial score (nSPS) is 14.4. The summed E-state index contributed by atoms with van der Waals surface area (Å²) in [6, 6.07) is 8.48. The van der Waals surface area contributed by atoms with E-state index in [0.717, 1.165) is 12.8 Å². The second-order valence-electron chi connectivity index (χ2n) is 6.62. The van der Waals surface area contributed by atoms with Crippen molar-refractivity contribution < 1.29 is 27.5 Å². The number of rotatable bonds is 6. The molecule has 1 aliphatic heterocycles. The molecule has 0 bridgehead atoms. The fourth-order valence-corrected chi connectivity index (χ4v) is 5.01. The highest BCUT2D eigenvalue weighted by atomic mass is 35.5. The number of methoxy groups -OCH3 is 2. The maximum absolute atomic E-state index is 13.0. The molecule has 1 amide bonds. The number of anilines is 1. The largest absolute Gasteiger partial charge is 0.495 e. The van der Waals surface area contributed by atoms with Crippen LogP contribution >= 0.6 is 11.6 Å². The Morgan fingerprint density at radius 2 is 1.70 bits per heavy atom. The van der Waals surface area contributed by atoms with Crippen LogP contribution in [0.5, 0.6) is 5.75 Å². The molecule has 0 saturated carbocycles. The molecule has 0 unspecified atom stereocenters. The highest BCUT2D eigenvalue weighted by Crippen LogP contribution is 2.30. The Bertz CT molecular complexity index is 1080. The lowest BCUT2D eigenvalue weighted by Crippen LogP contribution is -2.28. The van der Waals surface area contributed by atoms with Gasteiger partial charge in [-0.2, -0.15) is 4.31 Å². The molecule has 10 heteroatoms. The number of carbonyl (C=O) groups excluding carboxylic acids is 2. The standard InChI is InChI=1S/C20H21ClN2O6S/c1-28-17-8-6-13(12-18(17)30(26,27)23-9-3-4-10-23)19(24)22-16-11-14(20(25)29-2)5-7-15(16)21/h5-8,11-12H,3-4,9-10H2,1-2H3,(H,22,24). The van der Waals surface area contributed by atoms with E-state index >= 15 is 0 Å². The van der Waals surface area contributed by atoms with Gasteiger partial charge < -0.3 is 14.8 Å².